The number of halogens is 1. The molecule has 94 valence electrons. The Bertz CT molecular complexity index is 780. The number of aromatic nitrogens is 2. The van der Waals surface area contributed by atoms with Gasteiger partial charge >= 0.3 is 5.97 Å². The lowest BCUT2D eigenvalue weighted by atomic mass is 10.1. The van der Waals surface area contributed by atoms with Gasteiger partial charge < -0.3 is 5.11 Å². The number of rotatable bonds is 2. The third kappa shape index (κ3) is 2.02. The van der Waals surface area contributed by atoms with Gasteiger partial charge in [-0.2, -0.15) is 5.10 Å². The van der Waals surface area contributed by atoms with Crippen LogP contribution in [0, 0.1) is 0 Å². The Balaban J connectivity index is 2.24. The van der Waals surface area contributed by atoms with Crippen LogP contribution >= 0.6 is 15.9 Å². The Hall–Kier alpha value is -2.14. The molecule has 0 atom stereocenters. The van der Waals surface area contributed by atoms with Gasteiger partial charge in [-0.05, 0) is 23.6 Å². The van der Waals surface area contributed by atoms with E-state index in [1.807, 2.05) is 36.4 Å². The lowest BCUT2D eigenvalue weighted by Gasteiger charge is -2.08. The molecule has 1 heterocycles. The maximum Gasteiger partial charge on any atom is 0.356 e. The molecule has 2 aromatic carbocycles. The fraction of sp³-hybridized carbons (Fsp3) is 0. The van der Waals surface area contributed by atoms with Crippen molar-refractivity contribution in [2.75, 3.05) is 0 Å². The summed E-state index contributed by atoms with van der Waals surface area (Å²) in [6.45, 7) is 0. The van der Waals surface area contributed by atoms with E-state index < -0.39 is 5.97 Å². The predicted molar refractivity (Wildman–Crippen MR) is 75.7 cm³/mol. The molecule has 0 unspecified atom stereocenters. The van der Waals surface area contributed by atoms with E-state index in [4.69, 9.17) is 5.11 Å². The number of carboxylic acids is 1. The fourth-order valence-electron chi connectivity index (χ4n) is 2.02. The van der Waals surface area contributed by atoms with Crippen molar-refractivity contribution < 1.29 is 9.90 Å². The third-order valence-corrected chi connectivity index (χ3v) is 3.59. The van der Waals surface area contributed by atoms with Gasteiger partial charge in [0.1, 0.15) is 0 Å². The number of fused-ring (bicyclic) bond motifs is 1. The molecule has 0 radical (unpaired) electrons. The first-order valence-corrected chi connectivity index (χ1v) is 6.43. The second-order valence-corrected chi connectivity index (χ2v) is 4.92. The quantitative estimate of drug-likeness (QED) is 0.787. The summed E-state index contributed by atoms with van der Waals surface area (Å²) >= 11 is 3.51. The SMILES string of the molecule is O=C(O)c1ccn(-c2ccc(Br)c3ccccc23)n1. The number of nitrogens with zero attached hydrogens (tertiary/aromatic N) is 2. The average Bonchev–Trinajstić information content (AvgIpc) is 2.89. The molecule has 3 rings (SSSR count). The van der Waals surface area contributed by atoms with Crippen molar-refractivity contribution in [3.05, 3.63) is 58.8 Å². The highest BCUT2D eigenvalue weighted by Crippen LogP contribution is 2.28. The van der Waals surface area contributed by atoms with Gasteiger partial charge in [-0.3, -0.25) is 0 Å². The van der Waals surface area contributed by atoms with Crippen molar-refractivity contribution >= 4 is 32.7 Å². The minimum atomic E-state index is -1.03. The van der Waals surface area contributed by atoms with Crippen LogP contribution in [0.5, 0.6) is 0 Å². The third-order valence-electron chi connectivity index (χ3n) is 2.90. The van der Waals surface area contributed by atoms with Gasteiger partial charge in [0.2, 0.25) is 0 Å². The van der Waals surface area contributed by atoms with E-state index in [1.165, 1.54) is 6.07 Å². The summed E-state index contributed by atoms with van der Waals surface area (Å²) in [5.74, 6) is -1.03. The van der Waals surface area contributed by atoms with E-state index in [-0.39, 0.29) is 5.69 Å². The topological polar surface area (TPSA) is 55.1 Å². The molecule has 1 aromatic heterocycles. The number of carbonyl (C=O) groups is 1. The molecule has 0 amide bonds. The monoisotopic (exact) mass is 316 g/mol. The summed E-state index contributed by atoms with van der Waals surface area (Å²) in [6.07, 6.45) is 1.65. The Morgan fingerprint density at radius 1 is 1.11 bits per heavy atom. The van der Waals surface area contributed by atoms with E-state index in [9.17, 15) is 4.79 Å². The molecule has 3 aromatic rings. The van der Waals surface area contributed by atoms with Crippen molar-refractivity contribution in [1.82, 2.24) is 9.78 Å². The van der Waals surface area contributed by atoms with Gasteiger partial charge in [0.15, 0.2) is 5.69 Å². The Kier molecular flexibility index (Phi) is 2.83. The highest BCUT2D eigenvalue weighted by molar-refractivity contribution is 9.10. The van der Waals surface area contributed by atoms with Crippen LogP contribution in [0.2, 0.25) is 0 Å². The molecule has 0 fully saturated rings. The van der Waals surface area contributed by atoms with E-state index >= 15 is 0 Å². The van der Waals surface area contributed by atoms with E-state index in [2.05, 4.69) is 21.0 Å². The van der Waals surface area contributed by atoms with Crippen LogP contribution in [0.25, 0.3) is 16.5 Å². The number of benzene rings is 2. The van der Waals surface area contributed by atoms with Crippen molar-refractivity contribution in [1.29, 1.82) is 0 Å². The van der Waals surface area contributed by atoms with Crippen LogP contribution in [-0.4, -0.2) is 20.9 Å². The molecule has 0 bridgehead atoms. The zero-order chi connectivity index (χ0) is 13.4. The number of hydrogen-bond acceptors (Lipinski definition) is 2. The number of hydrogen-bond donors (Lipinski definition) is 1. The van der Waals surface area contributed by atoms with Crippen LogP contribution < -0.4 is 0 Å². The summed E-state index contributed by atoms with van der Waals surface area (Å²) in [4.78, 5) is 10.9. The van der Waals surface area contributed by atoms with Crippen LogP contribution in [0.1, 0.15) is 10.5 Å². The normalized spacial score (nSPS) is 10.8. The van der Waals surface area contributed by atoms with Crippen LogP contribution in [0.3, 0.4) is 0 Å². The predicted octanol–water partition coefficient (Wildman–Crippen LogP) is 3.49. The molecular weight excluding hydrogens is 308 g/mol. The molecule has 0 saturated heterocycles. The summed E-state index contributed by atoms with van der Waals surface area (Å²) in [5.41, 5.74) is 0.887. The summed E-state index contributed by atoms with van der Waals surface area (Å²) in [6, 6.07) is 13.2. The Morgan fingerprint density at radius 3 is 2.53 bits per heavy atom. The van der Waals surface area contributed by atoms with E-state index in [0.717, 1.165) is 20.9 Å². The first kappa shape index (κ1) is 11.9. The highest BCUT2D eigenvalue weighted by Gasteiger charge is 2.10. The molecule has 0 saturated carbocycles. The fourth-order valence-corrected chi connectivity index (χ4v) is 2.50. The minimum Gasteiger partial charge on any atom is -0.476 e. The lowest BCUT2D eigenvalue weighted by Crippen LogP contribution is -2.01. The van der Waals surface area contributed by atoms with Gasteiger partial charge in [0.25, 0.3) is 0 Å². The Morgan fingerprint density at radius 2 is 1.84 bits per heavy atom. The molecule has 4 nitrogen and oxygen atoms in total. The van der Waals surface area contributed by atoms with Crippen molar-refractivity contribution in [3.63, 3.8) is 0 Å². The lowest BCUT2D eigenvalue weighted by molar-refractivity contribution is 0.0690. The first-order chi connectivity index (χ1) is 9.16. The molecule has 5 heteroatoms. The van der Waals surface area contributed by atoms with Crippen LogP contribution in [-0.2, 0) is 0 Å². The van der Waals surface area contributed by atoms with Gasteiger partial charge in [-0.1, -0.05) is 40.2 Å². The van der Waals surface area contributed by atoms with Crippen molar-refractivity contribution in [2.45, 2.75) is 0 Å². The maximum atomic E-state index is 10.9. The largest absolute Gasteiger partial charge is 0.476 e. The van der Waals surface area contributed by atoms with Gasteiger partial charge in [0, 0.05) is 16.1 Å². The maximum absolute atomic E-state index is 10.9. The smallest absolute Gasteiger partial charge is 0.356 e. The summed E-state index contributed by atoms with van der Waals surface area (Å²) < 4.78 is 2.58. The zero-order valence-corrected chi connectivity index (χ0v) is 11.3. The minimum absolute atomic E-state index is 0.0343. The highest BCUT2D eigenvalue weighted by atomic mass is 79.9. The van der Waals surface area contributed by atoms with Gasteiger partial charge in [0.05, 0.1) is 5.69 Å². The van der Waals surface area contributed by atoms with Gasteiger partial charge in [-0.25, -0.2) is 9.48 Å². The average molecular weight is 317 g/mol. The molecular formula is C14H9BrN2O2. The van der Waals surface area contributed by atoms with Crippen LogP contribution in [0.4, 0.5) is 0 Å². The molecule has 0 aliphatic rings. The molecule has 1 N–H and O–H groups in total. The number of carboxylic acid groups (broad SMARTS) is 1. The second-order valence-electron chi connectivity index (χ2n) is 4.06. The molecule has 0 spiro atoms. The number of aromatic carboxylic acids is 1. The zero-order valence-electron chi connectivity index (χ0n) is 9.75. The van der Waals surface area contributed by atoms with Crippen molar-refractivity contribution in [2.24, 2.45) is 0 Å². The molecule has 0 aliphatic carbocycles. The van der Waals surface area contributed by atoms with Gasteiger partial charge in [-0.15, -0.1) is 0 Å². The van der Waals surface area contributed by atoms with E-state index in [1.54, 1.807) is 10.9 Å². The first-order valence-electron chi connectivity index (χ1n) is 5.63. The molecule has 19 heavy (non-hydrogen) atoms. The second kappa shape index (κ2) is 4.51. The summed E-state index contributed by atoms with van der Waals surface area (Å²) in [5, 5.41) is 15.1. The van der Waals surface area contributed by atoms with Crippen LogP contribution in [0.15, 0.2) is 53.1 Å². The molecule has 0 aliphatic heterocycles. The standard InChI is InChI=1S/C14H9BrN2O2/c15-11-5-6-13(10-4-2-1-3-9(10)11)17-8-7-12(16-17)14(18)19/h1-8H,(H,18,19). The van der Waals surface area contributed by atoms with E-state index in [0.29, 0.717) is 0 Å². The summed E-state index contributed by atoms with van der Waals surface area (Å²) in [7, 11) is 0. The van der Waals surface area contributed by atoms with Crippen molar-refractivity contribution in [3.8, 4) is 5.69 Å². The Labute approximate surface area is 117 Å².